The number of hydrogen-bond donors (Lipinski definition) is 2. The molecule has 0 radical (unpaired) electrons. The average Bonchev–Trinajstić information content (AvgIpc) is 3.52. The van der Waals surface area contributed by atoms with Crippen molar-refractivity contribution in [1.29, 1.82) is 0 Å². The Morgan fingerprint density at radius 3 is 2.58 bits per heavy atom. The van der Waals surface area contributed by atoms with E-state index in [9.17, 15) is 9.59 Å². The van der Waals surface area contributed by atoms with Crippen LogP contribution in [0.5, 0.6) is 0 Å². The molecule has 10 heteroatoms. The second kappa shape index (κ2) is 12.1. The standard InChI is InChI=1S/C28H28ClN5O2S2/c1-2-34-25(19-12-14-20(29)15-13-19)32-33-28(34)37-17-23(35)31-27-24(21-10-6-7-11-22(21)38-27)26(36)30-16-18-8-4-3-5-9-18/h3-5,8-9,12-15H,2,6-7,10-11,16-17H2,1H3,(H,30,36)(H,31,35). The molecule has 7 nitrogen and oxygen atoms in total. The van der Waals surface area contributed by atoms with Gasteiger partial charge in [-0.05, 0) is 68.0 Å². The number of anilines is 1. The van der Waals surface area contributed by atoms with E-state index in [1.165, 1.54) is 28.0 Å². The Balaban J connectivity index is 1.28. The average molecular weight is 566 g/mol. The van der Waals surface area contributed by atoms with Crippen LogP contribution < -0.4 is 10.6 Å². The summed E-state index contributed by atoms with van der Waals surface area (Å²) in [5, 5.41) is 16.7. The lowest BCUT2D eigenvalue weighted by Crippen LogP contribution is -2.25. The summed E-state index contributed by atoms with van der Waals surface area (Å²) in [4.78, 5) is 27.5. The van der Waals surface area contributed by atoms with E-state index in [0.29, 0.717) is 33.8 Å². The van der Waals surface area contributed by atoms with Gasteiger partial charge in [-0.15, -0.1) is 21.5 Å². The zero-order chi connectivity index (χ0) is 26.5. The van der Waals surface area contributed by atoms with Gasteiger partial charge in [0.1, 0.15) is 5.00 Å². The monoisotopic (exact) mass is 565 g/mol. The Morgan fingerprint density at radius 2 is 1.82 bits per heavy atom. The van der Waals surface area contributed by atoms with Gasteiger partial charge in [-0.25, -0.2) is 0 Å². The lowest BCUT2D eigenvalue weighted by molar-refractivity contribution is -0.113. The van der Waals surface area contributed by atoms with Crippen molar-refractivity contribution in [2.24, 2.45) is 0 Å². The number of halogens is 1. The van der Waals surface area contributed by atoms with Crippen LogP contribution in [0.3, 0.4) is 0 Å². The van der Waals surface area contributed by atoms with Gasteiger partial charge in [0.05, 0.1) is 11.3 Å². The van der Waals surface area contributed by atoms with Gasteiger partial charge in [-0.3, -0.25) is 9.59 Å². The number of nitrogens with zero attached hydrogens (tertiary/aromatic N) is 3. The zero-order valence-electron chi connectivity index (χ0n) is 21.0. The van der Waals surface area contributed by atoms with Crippen molar-refractivity contribution >= 4 is 51.5 Å². The third-order valence-electron chi connectivity index (χ3n) is 6.42. The number of fused-ring (bicyclic) bond motifs is 1. The van der Waals surface area contributed by atoms with Gasteiger partial charge < -0.3 is 15.2 Å². The summed E-state index contributed by atoms with van der Waals surface area (Å²) in [7, 11) is 0. The molecular weight excluding hydrogens is 538 g/mol. The van der Waals surface area contributed by atoms with E-state index in [-0.39, 0.29) is 17.6 Å². The van der Waals surface area contributed by atoms with E-state index in [4.69, 9.17) is 11.6 Å². The highest BCUT2D eigenvalue weighted by Gasteiger charge is 2.26. The Bertz CT molecular complexity index is 1430. The fourth-order valence-corrected chi connectivity index (χ4v) is 6.78. The van der Waals surface area contributed by atoms with Gasteiger partial charge in [0.15, 0.2) is 11.0 Å². The quantitative estimate of drug-likeness (QED) is 0.235. The van der Waals surface area contributed by atoms with Crippen LogP contribution in [-0.2, 0) is 30.7 Å². The van der Waals surface area contributed by atoms with Crippen molar-refractivity contribution in [3.05, 3.63) is 81.2 Å². The highest BCUT2D eigenvalue weighted by Crippen LogP contribution is 2.38. The van der Waals surface area contributed by atoms with Crippen LogP contribution in [0.2, 0.25) is 5.02 Å². The van der Waals surface area contributed by atoms with E-state index in [2.05, 4.69) is 20.8 Å². The molecule has 4 aromatic rings. The lowest BCUT2D eigenvalue weighted by atomic mass is 9.95. The SMILES string of the molecule is CCn1c(SCC(=O)Nc2sc3c(c2C(=O)NCc2ccccc2)CCCC3)nnc1-c1ccc(Cl)cc1. The first-order chi connectivity index (χ1) is 18.5. The normalized spacial score (nSPS) is 12.7. The van der Waals surface area contributed by atoms with Crippen molar-refractivity contribution in [2.45, 2.75) is 50.9 Å². The first-order valence-electron chi connectivity index (χ1n) is 12.6. The maximum absolute atomic E-state index is 13.3. The van der Waals surface area contributed by atoms with Crippen molar-refractivity contribution < 1.29 is 9.59 Å². The van der Waals surface area contributed by atoms with E-state index in [1.54, 1.807) is 0 Å². The minimum atomic E-state index is -0.176. The largest absolute Gasteiger partial charge is 0.348 e. The molecule has 0 saturated carbocycles. The molecule has 0 aliphatic heterocycles. The Kier molecular flexibility index (Phi) is 8.46. The van der Waals surface area contributed by atoms with Crippen molar-refractivity contribution in [2.75, 3.05) is 11.1 Å². The second-order valence-electron chi connectivity index (χ2n) is 8.98. The number of rotatable bonds is 9. The summed E-state index contributed by atoms with van der Waals surface area (Å²) in [6, 6.07) is 17.3. The number of nitrogens with one attached hydrogen (secondary N) is 2. The van der Waals surface area contributed by atoms with Crippen molar-refractivity contribution in [3.63, 3.8) is 0 Å². The molecule has 2 aromatic carbocycles. The summed E-state index contributed by atoms with van der Waals surface area (Å²) >= 11 is 8.88. The molecular formula is C28H28ClN5O2S2. The van der Waals surface area contributed by atoms with Crippen molar-refractivity contribution in [3.8, 4) is 11.4 Å². The van der Waals surface area contributed by atoms with E-state index < -0.39 is 0 Å². The molecule has 2 amide bonds. The van der Waals surface area contributed by atoms with Crippen molar-refractivity contribution in [1.82, 2.24) is 20.1 Å². The maximum atomic E-state index is 13.3. The third kappa shape index (κ3) is 5.95. The molecule has 5 rings (SSSR count). The molecule has 0 saturated heterocycles. The lowest BCUT2D eigenvalue weighted by Gasteiger charge is -2.13. The minimum Gasteiger partial charge on any atom is -0.348 e. The maximum Gasteiger partial charge on any atom is 0.254 e. The fourth-order valence-electron chi connectivity index (χ4n) is 4.55. The summed E-state index contributed by atoms with van der Waals surface area (Å²) in [6.07, 6.45) is 3.95. The molecule has 196 valence electrons. The third-order valence-corrected chi connectivity index (χ3v) is 8.84. The topological polar surface area (TPSA) is 88.9 Å². The number of amides is 2. The van der Waals surface area contributed by atoms with Crippen LogP contribution in [0, 0.1) is 0 Å². The van der Waals surface area contributed by atoms with Gasteiger partial charge in [0.2, 0.25) is 5.91 Å². The number of thioether (sulfide) groups is 1. The molecule has 2 heterocycles. The van der Waals surface area contributed by atoms with Crippen LogP contribution in [0.4, 0.5) is 5.00 Å². The predicted octanol–water partition coefficient (Wildman–Crippen LogP) is 6.22. The Labute approximate surface area is 235 Å². The number of aryl methyl sites for hydroxylation is 1. The summed E-state index contributed by atoms with van der Waals surface area (Å²) < 4.78 is 1.98. The fraction of sp³-hybridized carbons (Fsp3) is 0.286. The van der Waals surface area contributed by atoms with Crippen LogP contribution in [0.1, 0.15) is 46.1 Å². The zero-order valence-corrected chi connectivity index (χ0v) is 23.4. The Hall–Kier alpha value is -3.14. The smallest absolute Gasteiger partial charge is 0.254 e. The summed E-state index contributed by atoms with van der Waals surface area (Å²) in [6.45, 7) is 3.12. The number of hydrogen-bond acceptors (Lipinski definition) is 6. The predicted molar refractivity (Wildman–Crippen MR) is 154 cm³/mol. The van der Waals surface area contributed by atoms with Gasteiger partial charge >= 0.3 is 0 Å². The van der Waals surface area contributed by atoms with Crippen LogP contribution in [-0.4, -0.2) is 32.3 Å². The summed E-state index contributed by atoms with van der Waals surface area (Å²) in [5.41, 5.74) is 3.63. The molecule has 2 N–H and O–H groups in total. The molecule has 0 unspecified atom stereocenters. The van der Waals surface area contributed by atoms with Gasteiger partial charge in [0, 0.05) is 28.6 Å². The summed E-state index contributed by atoms with van der Waals surface area (Å²) in [5.74, 6) is 0.571. The van der Waals surface area contributed by atoms with Crippen LogP contribution >= 0.6 is 34.7 Å². The van der Waals surface area contributed by atoms with E-state index in [0.717, 1.165) is 48.2 Å². The second-order valence-corrected chi connectivity index (χ2v) is 11.5. The van der Waals surface area contributed by atoms with Gasteiger partial charge in [0.25, 0.3) is 5.91 Å². The molecule has 0 fully saturated rings. The number of carbonyl (C=O) groups is 2. The number of thiophene rings is 1. The number of aromatic nitrogens is 3. The first-order valence-corrected chi connectivity index (χ1v) is 14.8. The van der Waals surface area contributed by atoms with E-state index >= 15 is 0 Å². The van der Waals surface area contributed by atoms with Gasteiger partial charge in [-0.1, -0.05) is 53.7 Å². The molecule has 0 spiro atoms. The molecule has 1 aliphatic rings. The van der Waals surface area contributed by atoms with Crippen LogP contribution in [0.25, 0.3) is 11.4 Å². The van der Waals surface area contributed by atoms with E-state index in [1.807, 2.05) is 66.1 Å². The minimum absolute atomic E-state index is 0.144. The molecule has 2 aromatic heterocycles. The molecule has 38 heavy (non-hydrogen) atoms. The van der Waals surface area contributed by atoms with Crippen LogP contribution in [0.15, 0.2) is 59.8 Å². The highest BCUT2D eigenvalue weighted by atomic mass is 35.5. The number of benzene rings is 2. The highest BCUT2D eigenvalue weighted by molar-refractivity contribution is 7.99. The number of carbonyl (C=O) groups excluding carboxylic acids is 2. The first kappa shape index (κ1) is 26.5. The Morgan fingerprint density at radius 1 is 1.05 bits per heavy atom. The molecule has 1 aliphatic carbocycles. The van der Waals surface area contributed by atoms with Gasteiger partial charge in [-0.2, -0.15) is 0 Å². The molecule has 0 atom stereocenters. The molecule has 0 bridgehead atoms.